The Bertz CT molecular complexity index is 982. The van der Waals surface area contributed by atoms with E-state index in [-0.39, 0.29) is 18.0 Å². The van der Waals surface area contributed by atoms with Crippen molar-refractivity contribution in [2.45, 2.75) is 31.8 Å². The van der Waals surface area contributed by atoms with Gasteiger partial charge in [0.15, 0.2) is 5.69 Å². The number of hydrogen-bond acceptors (Lipinski definition) is 4. The maximum atomic E-state index is 13.2. The molecule has 1 saturated heterocycles. The van der Waals surface area contributed by atoms with Crippen LogP contribution in [0.2, 0.25) is 0 Å². The second-order valence-corrected chi connectivity index (χ2v) is 7.52. The summed E-state index contributed by atoms with van der Waals surface area (Å²) in [5.74, 6) is 0.739. The van der Waals surface area contributed by atoms with Gasteiger partial charge in [0.05, 0.1) is 18.5 Å². The van der Waals surface area contributed by atoms with Crippen LogP contribution >= 0.6 is 0 Å². The van der Waals surface area contributed by atoms with Crippen LogP contribution in [0.4, 0.5) is 0 Å². The first-order valence-corrected chi connectivity index (χ1v) is 9.93. The topological polar surface area (TPSA) is 73.4 Å². The number of piperidine rings is 1. The second kappa shape index (κ2) is 8.09. The number of likely N-dealkylation sites (tertiary alicyclic amines) is 1. The van der Waals surface area contributed by atoms with Crippen molar-refractivity contribution >= 4 is 5.91 Å². The molecule has 0 saturated carbocycles. The van der Waals surface area contributed by atoms with Crippen LogP contribution in [0.15, 0.2) is 60.7 Å². The van der Waals surface area contributed by atoms with Gasteiger partial charge in [0.25, 0.3) is 5.91 Å². The summed E-state index contributed by atoms with van der Waals surface area (Å²) >= 11 is 0. The fourth-order valence-corrected chi connectivity index (χ4v) is 3.88. The van der Waals surface area contributed by atoms with Gasteiger partial charge in [-0.3, -0.25) is 4.79 Å². The molecule has 6 heteroatoms. The molecule has 1 aliphatic heterocycles. The molecule has 6 nitrogen and oxygen atoms in total. The Hall–Kier alpha value is -3.12. The van der Waals surface area contributed by atoms with Crippen LogP contribution in [0.5, 0.6) is 5.75 Å². The number of benzene rings is 2. The number of para-hydroxylation sites is 1. The van der Waals surface area contributed by atoms with Gasteiger partial charge in [-0.05, 0) is 62.2 Å². The van der Waals surface area contributed by atoms with E-state index in [4.69, 9.17) is 15.6 Å². The van der Waals surface area contributed by atoms with E-state index < -0.39 is 0 Å². The number of amides is 1. The lowest BCUT2D eigenvalue weighted by atomic mass is 9.99. The lowest BCUT2D eigenvalue weighted by Gasteiger charge is -2.35. The van der Waals surface area contributed by atoms with E-state index in [1.54, 1.807) is 7.11 Å². The van der Waals surface area contributed by atoms with Gasteiger partial charge in [-0.25, -0.2) is 4.68 Å². The lowest BCUT2D eigenvalue weighted by molar-refractivity contribution is 0.0612. The maximum Gasteiger partial charge on any atom is 0.274 e. The molecule has 150 valence electrons. The third kappa shape index (κ3) is 3.89. The Morgan fingerprint density at radius 3 is 2.52 bits per heavy atom. The Morgan fingerprint density at radius 1 is 1.14 bits per heavy atom. The van der Waals surface area contributed by atoms with Crippen LogP contribution in [0.25, 0.3) is 16.9 Å². The molecule has 0 spiro atoms. The SMILES string of the molecule is COc1ccc(-c2cc(C(=O)N3CCC(N)CC3C)nn2-c2ccccc2)cc1. The van der Waals surface area contributed by atoms with Gasteiger partial charge in [-0.2, -0.15) is 5.10 Å². The number of nitrogens with two attached hydrogens (primary N) is 1. The van der Waals surface area contributed by atoms with Crippen LogP contribution in [0.1, 0.15) is 30.3 Å². The Morgan fingerprint density at radius 2 is 1.86 bits per heavy atom. The first-order chi connectivity index (χ1) is 14.1. The number of hydrogen-bond donors (Lipinski definition) is 1. The highest BCUT2D eigenvalue weighted by Crippen LogP contribution is 2.27. The molecule has 2 unspecified atom stereocenters. The normalized spacial score (nSPS) is 19.2. The van der Waals surface area contributed by atoms with Crippen molar-refractivity contribution in [3.8, 4) is 22.7 Å². The fraction of sp³-hybridized carbons (Fsp3) is 0.304. The van der Waals surface area contributed by atoms with E-state index in [2.05, 4.69) is 6.92 Å². The first kappa shape index (κ1) is 19.2. The number of ether oxygens (including phenoxy) is 1. The van der Waals surface area contributed by atoms with Crippen molar-refractivity contribution in [1.29, 1.82) is 0 Å². The smallest absolute Gasteiger partial charge is 0.274 e. The number of carbonyl (C=O) groups is 1. The van der Waals surface area contributed by atoms with Crippen LogP contribution in [0.3, 0.4) is 0 Å². The molecule has 4 rings (SSSR count). The summed E-state index contributed by atoms with van der Waals surface area (Å²) in [5, 5.41) is 4.69. The van der Waals surface area contributed by atoms with Gasteiger partial charge < -0.3 is 15.4 Å². The van der Waals surface area contributed by atoms with Crippen LogP contribution in [0, 0.1) is 0 Å². The number of carbonyl (C=O) groups excluding carboxylic acids is 1. The molecule has 1 aromatic heterocycles. The molecule has 1 aliphatic rings. The molecule has 1 amide bonds. The van der Waals surface area contributed by atoms with Crippen LogP contribution in [-0.2, 0) is 0 Å². The number of aromatic nitrogens is 2. The minimum absolute atomic E-state index is 0.0474. The molecule has 0 bridgehead atoms. The lowest BCUT2D eigenvalue weighted by Crippen LogP contribution is -2.48. The third-order valence-corrected chi connectivity index (χ3v) is 5.49. The molecule has 3 aromatic rings. The minimum atomic E-state index is -0.0474. The van der Waals surface area contributed by atoms with E-state index in [0.29, 0.717) is 12.2 Å². The zero-order chi connectivity index (χ0) is 20.4. The quantitative estimate of drug-likeness (QED) is 0.740. The molecule has 2 aromatic carbocycles. The van der Waals surface area contributed by atoms with Gasteiger partial charge in [-0.1, -0.05) is 18.2 Å². The Balaban J connectivity index is 1.74. The van der Waals surface area contributed by atoms with Gasteiger partial charge in [-0.15, -0.1) is 0 Å². The highest BCUT2D eigenvalue weighted by molar-refractivity contribution is 5.94. The summed E-state index contributed by atoms with van der Waals surface area (Å²) < 4.78 is 7.10. The predicted molar refractivity (Wildman–Crippen MR) is 113 cm³/mol. The van der Waals surface area contributed by atoms with E-state index >= 15 is 0 Å². The average molecular weight is 390 g/mol. The predicted octanol–water partition coefficient (Wildman–Crippen LogP) is 3.50. The zero-order valence-electron chi connectivity index (χ0n) is 16.8. The van der Waals surface area contributed by atoms with E-state index in [1.165, 1.54) is 0 Å². The Labute approximate surface area is 170 Å². The molecule has 29 heavy (non-hydrogen) atoms. The Kier molecular flexibility index (Phi) is 5.36. The van der Waals surface area contributed by atoms with Gasteiger partial charge in [0.1, 0.15) is 5.75 Å². The summed E-state index contributed by atoms with van der Waals surface area (Å²) in [5.41, 5.74) is 9.25. The monoisotopic (exact) mass is 390 g/mol. The zero-order valence-corrected chi connectivity index (χ0v) is 16.8. The van der Waals surface area contributed by atoms with Crippen LogP contribution in [-0.4, -0.2) is 46.3 Å². The average Bonchev–Trinajstić information content (AvgIpc) is 3.19. The summed E-state index contributed by atoms with van der Waals surface area (Å²) in [6.45, 7) is 2.72. The van der Waals surface area contributed by atoms with Crippen molar-refractivity contribution in [2.75, 3.05) is 13.7 Å². The van der Waals surface area contributed by atoms with Gasteiger partial charge >= 0.3 is 0 Å². The summed E-state index contributed by atoms with van der Waals surface area (Å²) in [4.78, 5) is 15.1. The maximum absolute atomic E-state index is 13.2. The van der Waals surface area contributed by atoms with Crippen molar-refractivity contribution < 1.29 is 9.53 Å². The van der Waals surface area contributed by atoms with Crippen LogP contribution < -0.4 is 10.5 Å². The summed E-state index contributed by atoms with van der Waals surface area (Å²) in [6, 6.07) is 19.8. The van der Waals surface area contributed by atoms with Crippen molar-refractivity contribution in [3.05, 3.63) is 66.4 Å². The molecule has 0 radical (unpaired) electrons. The van der Waals surface area contributed by atoms with Gasteiger partial charge in [0.2, 0.25) is 0 Å². The van der Waals surface area contributed by atoms with Crippen molar-refractivity contribution in [3.63, 3.8) is 0 Å². The molecular weight excluding hydrogens is 364 g/mol. The van der Waals surface area contributed by atoms with Gasteiger partial charge in [0, 0.05) is 24.2 Å². The largest absolute Gasteiger partial charge is 0.497 e. The molecule has 0 aliphatic carbocycles. The molecule has 2 heterocycles. The van der Waals surface area contributed by atoms with Crippen molar-refractivity contribution in [1.82, 2.24) is 14.7 Å². The number of methoxy groups -OCH3 is 1. The van der Waals surface area contributed by atoms with E-state index in [9.17, 15) is 4.79 Å². The molecule has 2 atom stereocenters. The highest BCUT2D eigenvalue weighted by atomic mass is 16.5. The van der Waals surface area contributed by atoms with Crippen molar-refractivity contribution in [2.24, 2.45) is 5.73 Å². The second-order valence-electron chi connectivity index (χ2n) is 7.52. The molecule has 2 N–H and O–H groups in total. The third-order valence-electron chi connectivity index (χ3n) is 5.49. The molecular formula is C23H26N4O2. The first-order valence-electron chi connectivity index (χ1n) is 9.93. The highest BCUT2D eigenvalue weighted by Gasteiger charge is 2.29. The van der Waals surface area contributed by atoms with E-state index in [1.807, 2.05) is 70.2 Å². The minimum Gasteiger partial charge on any atom is -0.497 e. The summed E-state index contributed by atoms with van der Waals surface area (Å²) in [7, 11) is 1.64. The standard InChI is InChI=1S/C23H26N4O2/c1-16-14-18(24)12-13-26(16)23(28)21-15-22(17-8-10-20(29-2)11-9-17)27(25-21)19-6-4-3-5-7-19/h3-11,15-16,18H,12-14,24H2,1-2H3. The summed E-state index contributed by atoms with van der Waals surface area (Å²) in [6.07, 6.45) is 1.64. The number of nitrogens with zero attached hydrogens (tertiary/aromatic N) is 3. The fourth-order valence-electron chi connectivity index (χ4n) is 3.88. The van der Waals surface area contributed by atoms with E-state index in [0.717, 1.165) is 35.5 Å². The number of rotatable bonds is 4. The molecule has 1 fully saturated rings.